The molecule has 2 nitrogen and oxygen atoms in total. The van der Waals surface area contributed by atoms with E-state index in [1.807, 2.05) is 18.4 Å². The zero-order valence-corrected chi connectivity index (χ0v) is 14.1. The van der Waals surface area contributed by atoms with Crippen LogP contribution in [0.1, 0.15) is 33.8 Å². The maximum Gasteiger partial charge on any atom is 0.127 e. The summed E-state index contributed by atoms with van der Waals surface area (Å²) in [6.45, 7) is 2.99. The highest BCUT2D eigenvalue weighted by Crippen LogP contribution is 2.40. The highest BCUT2D eigenvalue weighted by atomic mass is 79.9. The Labute approximate surface area is 132 Å². The van der Waals surface area contributed by atoms with Gasteiger partial charge < -0.3 is 10.1 Å². The van der Waals surface area contributed by atoms with Crippen LogP contribution in [0.4, 0.5) is 0 Å². The Balaban J connectivity index is 2.05. The number of hydrogen-bond donors (Lipinski definition) is 1. The van der Waals surface area contributed by atoms with Crippen LogP contribution in [0.5, 0.6) is 5.75 Å². The first-order chi connectivity index (χ1) is 9.72. The van der Waals surface area contributed by atoms with Gasteiger partial charge >= 0.3 is 0 Å². The number of fused-ring (bicyclic) bond motifs is 1. The second kappa shape index (κ2) is 5.88. The Kier molecular flexibility index (Phi) is 4.15. The predicted octanol–water partition coefficient (Wildman–Crippen LogP) is 4.32. The highest BCUT2D eigenvalue weighted by molar-refractivity contribution is 9.10. The van der Waals surface area contributed by atoms with Crippen molar-refractivity contribution in [2.45, 2.75) is 25.8 Å². The molecule has 0 radical (unpaired) electrons. The molecule has 0 saturated heterocycles. The number of halogens is 1. The van der Waals surface area contributed by atoms with Gasteiger partial charge in [0.1, 0.15) is 5.75 Å². The maximum atomic E-state index is 5.87. The summed E-state index contributed by atoms with van der Waals surface area (Å²) in [7, 11) is 2.01. The van der Waals surface area contributed by atoms with Crippen molar-refractivity contribution in [3.05, 3.63) is 49.6 Å². The van der Waals surface area contributed by atoms with Crippen LogP contribution in [0.15, 0.2) is 28.7 Å². The monoisotopic (exact) mass is 351 g/mol. The molecule has 1 aliphatic heterocycles. The largest absolute Gasteiger partial charge is 0.493 e. The van der Waals surface area contributed by atoms with Gasteiger partial charge in [0.05, 0.1) is 12.6 Å². The molecule has 2 aromatic rings. The van der Waals surface area contributed by atoms with Crippen LogP contribution in [-0.2, 0) is 12.8 Å². The van der Waals surface area contributed by atoms with Crippen molar-refractivity contribution in [3.63, 3.8) is 0 Å². The first kappa shape index (κ1) is 14.1. The van der Waals surface area contributed by atoms with Crippen LogP contribution in [0, 0.1) is 0 Å². The van der Waals surface area contributed by atoms with Gasteiger partial charge in [-0.05, 0) is 43.3 Å². The summed E-state index contributed by atoms with van der Waals surface area (Å²) in [5.41, 5.74) is 2.54. The number of benzene rings is 1. The Hall–Kier alpha value is -0.840. The fourth-order valence-electron chi connectivity index (χ4n) is 2.70. The van der Waals surface area contributed by atoms with Crippen LogP contribution in [-0.4, -0.2) is 13.7 Å². The molecule has 1 aliphatic rings. The molecule has 2 heterocycles. The lowest BCUT2D eigenvalue weighted by Gasteiger charge is -2.18. The van der Waals surface area contributed by atoms with E-state index in [4.69, 9.17) is 4.74 Å². The quantitative estimate of drug-likeness (QED) is 0.885. The second-order valence-electron chi connectivity index (χ2n) is 4.96. The SMILES string of the molecule is CCc1ccc(C(NC)c2cc(Br)cc3c2OCC3)s1. The third kappa shape index (κ3) is 2.52. The maximum absolute atomic E-state index is 5.87. The summed E-state index contributed by atoms with van der Waals surface area (Å²) < 4.78 is 6.99. The minimum Gasteiger partial charge on any atom is -0.493 e. The van der Waals surface area contributed by atoms with Crippen molar-refractivity contribution in [3.8, 4) is 5.75 Å². The fraction of sp³-hybridized carbons (Fsp3) is 0.375. The van der Waals surface area contributed by atoms with Crippen molar-refractivity contribution >= 4 is 27.3 Å². The molecule has 0 aliphatic carbocycles. The Morgan fingerprint density at radius 1 is 1.40 bits per heavy atom. The zero-order chi connectivity index (χ0) is 14.1. The van der Waals surface area contributed by atoms with Gasteiger partial charge in [-0.15, -0.1) is 11.3 Å². The number of thiophene rings is 1. The molecule has 0 bridgehead atoms. The van der Waals surface area contributed by atoms with Crippen molar-refractivity contribution in [2.75, 3.05) is 13.7 Å². The van der Waals surface area contributed by atoms with E-state index in [0.717, 1.165) is 29.7 Å². The molecule has 4 heteroatoms. The summed E-state index contributed by atoms with van der Waals surface area (Å²) in [6.07, 6.45) is 2.09. The van der Waals surface area contributed by atoms with E-state index in [9.17, 15) is 0 Å². The van der Waals surface area contributed by atoms with Crippen LogP contribution in [0.3, 0.4) is 0 Å². The first-order valence-corrected chi connectivity index (χ1v) is 8.55. The number of ether oxygens (including phenoxy) is 1. The number of hydrogen-bond acceptors (Lipinski definition) is 3. The molecule has 20 heavy (non-hydrogen) atoms. The Morgan fingerprint density at radius 2 is 2.25 bits per heavy atom. The van der Waals surface area contributed by atoms with Gasteiger partial charge in [-0.25, -0.2) is 0 Å². The average molecular weight is 352 g/mol. The van der Waals surface area contributed by atoms with Gasteiger partial charge in [0.15, 0.2) is 0 Å². The van der Waals surface area contributed by atoms with E-state index in [1.54, 1.807) is 0 Å². The topological polar surface area (TPSA) is 21.3 Å². The summed E-state index contributed by atoms with van der Waals surface area (Å²) in [5, 5.41) is 3.44. The summed E-state index contributed by atoms with van der Waals surface area (Å²) >= 11 is 5.50. The molecule has 1 unspecified atom stereocenters. The van der Waals surface area contributed by atoms with E-state index in [1.165, 1.54) is 20.9 Å². The molecular formula is C16H18BrNOS. The minimum atomic E-state index is 0.199. The van der Waals surface area contributed by atoms with Crippen LogP contribution >= 0.6 is 27.3 Å². The lowest BCUT2D eigenvalue weighted by molar-refractivity contribution is 0.351. The van der Waals surface area contributed by atoms with E-state index in [0.29, 0.717) is 0 Å². The summed E-state index contributed by atoms with van der Waals surface area (Å²) in [4.78, 5) is 2.77. The molecule has 0 amide bonds. The highest BCUT2D eigenvalue weighted by Gasteiger charge is 2.24. The fourth-order valence-corrected chi connectivity index (χ4v) is 4.31. The van der Waals surface area contributed by atoms with E-state index in [2.05, 4.69) is 52.4 Å². The second-order valence-corrected chi connectivity index (χ2v) is 7.08. The zero-order valence-electron chi connectivity index (χ0n) is 11.7. The third-order valence-electron chi connectivity index (χ3n) is 3.69. The normalized spacial score (nSPS) is 14.9. The smallest absolute Gasteiger partial charge is 0.127 e. The average Bonchev–Trinajstić information content (AvgIpc) is 3.07. The molecule has 0 fully saturated rings. The standard InChI is InChI=1S/C16H18BrNOS/c1-3-12-4-5-14(20-12)15(18-2)13-9-11(17)8-10-6-7-19-16(10)13/h4-5,8-9,15,18H,3,6-7H2,1-2H3. The predicted molar refractivity (Wildman–Crippen MR) is 87.9 cm³/mol. The van der Waals surface area contributed by atoms with E-state index < -0.39 is 0 Å². The number of rotatable bonds is 4. The number of aryl methyl sites for hydroxylation is 1. The van der Waals surface area contributed by atoms with Gasteiger partial charge in [0, 0.05) is 26.2 Å². The third-order valence-corrected chi connectivity index (χ3v) is 5.44. The van der Waals surface area contributed by atoms with Gasteiger partial charge in [-0.2, -0.15) is 0 Å². The molecule has 0 saturated carbocycles. The molecular weight excluding hydrogens is 334 g/mol. The van der Waals surface area contributed by atoms with Crippen LogP contribution in [0.2, 0.25) is 0 Å². The number of nitrogens with one attached hydrogen (secondary N) is 1. The molecule has 1 aromatic heterocycles. The molecule has 1 aromatic carbocycles. The van der Waals surface area contributed by atoms with Gasteiger partial charge in [-0.3, -0.25) is 0 Å². The van der Waals surface area contributed by atoms with Crippen LogP contribution < -0.4 is 10.1 Å². The minimum absolute atomic E-state index is 0.199. The van der Waals surface area contributed by atoms with E-state index in [-0.39, 0.29) is 6.04 Å². The van der Waals surface area contributed by atoms with Gasteiger partial charge in [-0.1, -0.05) is 22.9 Å². The van der Waals surface area contributed by atoms with Gasteiger partial charge in [0.2, 0.25) is 0 Å². The van der Waals surface area contributed by atoms with Crippen molar-refractivity contribution < 1.29 is 4.74 Å². The molecule has 1 atom stereocenters. The molecule has 3 rings (SSSR count). The lowest BCUT2D eigenvalue weighted by Crippen LogP contribution is -2.17. The van der Waals surface area contributed by atoms with Crippen LogP contribution in [0.25, 0.3) is 0 Å². The Morgan fingerprint density at radius 3 is 2.95 bits per heavy atom. The molecule has 1 N–H and O–H groups in total. The molecule has 0 spiro atoms. The van der Waals surface area contributed by atoms with Crippen molar-refractivity contribution in [1.82, 2.24) is 5.32 Å². The first-order valence-electron chi connectivity index (χ1n) is 6.94. The van der Waals surface area contributed by atoms with Crippen molar-refractivity contribution in [1.29, 1.82) is 0 Å². The lowest BCUT2D eigenvalue weighted by atomic mass is 10.0. The summed E-state index contributed by atoms with van der Waals surface area (Å²) in [5.74, 6) is 1.07. The summed E-state index contributed by atoms with van der Waals surface area (Å²) in [6, 6.07) is 9.00. The molecule has 106 valence electrons. The van der Waals surface area contributed by atoms with Crippen molar-refractivity contribution in [2.24, 2.45) is 0 Å². The Bertz CT molecular complexity index is 623. The van der Waals surface area contributed by atoms with Gasteiger partial charge in [0.25, 0.3) is 0 Å². The van der Waals surface area contributed by atoms with E-state index >= 15 is 0 Å².